The minimum Gasteiger partial charge on any atom is -0.466 e. The van der Waals surface area contributed by atoms with E-state index < -0.39 is 0 Å². The van der Waals surface area contributed by atoms with Gasteiger partial charge in [0.2, 0.25) is 5.88 Å². The summed E-state index contributed by atoms with van der Waals surface area (Å²) < 4.78 is 5.46. The van der Waals surface area contributed by atoms with Gasteiger partial charge in [0.1, 0.15) is 5.69 Å². The average Bonchev–Trinajstić information content (AvgIpc) is 3.35. The molecule has 1 fully saturated rings. The molecule has 0 spiro atoms. The number of aromatic nitrogens is 1. The minimum absolute atomic E-state index is 0.0291. The summed E-state index contributed by atoms with van der Waals surface area (Å²) in [5.74, 6) is 1.23. The van der Waals surface area contributed by atoms with Crippen LogP contribution in [0.4, 0.5) is 5.69 Å². The number of fused-ring (bicyclic) bond motifs is 1. The number of carbonyl (C=O) groups is 1. The van der Waals surface area contributed by atoms with E-state index in [9.17, 15) is 4.79 Å². The number of rotatable bonds is 3. The lowest BCUT2D eigenvalue weighted by Crippen LogP contribution is -2.40. The van der Waals surface area contributed by atoms with Crippen LogP contribution in [0, 0.1) is 5.92 Å². The largest absolute Gasteiger partial charge is 0.466 e. The van der Waals surface area contributed by atoms with Crippen LogP contribution in [0.5, 0.6) is 5.88 Å². The Labute approximate surface area is 123 Å². The maximum Gasteiger partial charge on any atom is 0.265 e. The van der Waals surface area contributed by atoms with E-state index in [2.05, 4.69) is 4.98 Å². The quantitative estimate of drug-likeness (QED) is 0.868. The molecular formula is C17H16N2O2. The Hall–Kier alpha value is -2.36. The topological polar surface area (TPSA) is 42.4 Å². The third kappa shape index (κ3) is 2.37. The molecule has 0 radical (unpaired) electrons. The first-order valence-corrected chi connectivity index (χ1v) is 7.30. The summed E-state index contributed by atoms with van der Waals surface area (Å²) >= 11 is 0. The van der Waals surface area contributed by atoms with E-state index in [0.717, 1.165) is 23.4 Å². The van der Waals surface area contributed by atoms with Crippen molar-refractivity contribution in [2.24, 2.45) is 5.92 Å². The van der Waals surface area contributed by atoms with E-state index in [-0.39, 0.29) is 12.5 Å². The van der Waals surface area contributed by atoms with Crippen LogP contribution < -0.4 is 9.64 Å². The van der Waals surface area contributed by atoms with Gasteiger partial charge in [0, 0.05) is 18.3 Å². The molecule has 0 atom stereocenters. The lowest BCUT2D eigenvalue weighted by atomic mass is 10.1. The highest BCUT2D eigenvalue weighted by atomic mass is 16.5. The van der Waals surface area contributed by atoms with Crippen LogP contribution >= 0.6 is 0 Å². The number of carbonyl (C=O) groups excluding carboxylic acids is 1. The molecule has 21 heavy (non-hydrogen) atoms. The van der Waals surface area contributed by atoms with Crippen LogP contribution in [-0.4, -0.2) is 24.0 Å². The fourth-order valence-electron chi connectivity index (χ4n) is 2.63. The second-order valence-corrected chi connectivity index (χ2v) is 5.65. The van der Waals surface area contributed by atoms with Crippen LogP contribution in [-0.2, 0) is 4.79 Å². The molecular weight excluding hydrogens is 264 g/mol. The first-order valence-electron chi connectivity index (χ1n) is 7.30. The molecule has 1 aromatic heterocycles. The number of nitrogens with zero attached hydrogens (tertiary/aromatic N) is 2. The first kappa shape index (κ1) is 12.4. The summed E-state index contributed by atoms with van der Waals surface area (Å²) in [5.41, 5.74) is 2.91. The second kappa shape index (κ2) is 4.88. The molecule has 2 aliphatic rings. The number of benzene rings is 1. The van der Waals surface area contributed by atoms with Gasteiger partial charge in [-0.25, -0.2) is 4.98 Å². The molecule has 1 amide bonds. The van der Waals surface area contributed by atoms with Gasteiger partial charge in [-0.2, -0.15) is 0 Å². The normalized spacial score (nSPS) is 17.3. The number of hydrogen-bond acceptors (Lipinski definition) is 3. The van der Waals surface area contributed by atoms with E-state index in [1.54, 1.807) is 6.20 Å². The van der Waals surface area contributed by atoms with E-state index in [0.29, 0.717) is 11.8 Å². The van der Waals surface area contributed by atoms with Gasteiger partial charge >= 0.3 is 0 Å². The molecule has 1 saturated carbocycles. The molecule has 4 rings (SSSR count). The van der Waals surface area contributed by atoms with E-state index in [1.165, 1.54) is 12.8 Å². The highest BCUT2D eigenvalue weighted by molar-refractivity contribution is 5.98. The summed E-state index contributed by atoms with van der Waals surface area (Å²) in [6.07, 6.45) is 4.23. The molecule has 1 aliphatic carbocycles. The molecule has 1 aliphatic heterocycles. The van der Waals surface area contributed by atoms with Crippen molar-refractivity contribution in [3.05, 3.63) is 42.6 Å². The maximum atomic E-state index is 12.1. The van der Waals surface area contributed by atoms with E-state index in [4.69, 9.17) is 4.74 Å². The van der Waals surface area contributed by atoms with Crippen molar-refractivity contribution in [1.29, 1.82) is 0 Å². The average molecular weight is 280 g/mol. The number of amides is 1. The number of ether oxygens (including phenoxy) is 1. The van der Waals surface area contributed by atoms with Crippen molar-refractivity contribution in [1.82, 2.24) is 4.98 Å². The van der Waals surface area contributed by atoms with E-state index in [1.807, 2.05) is 41.3 Å². The lowest BCUT2D eigenvalue weighted by molar-refractivity contribution is -0.121. The van der Waals surface area contributed by atoms with Crippen molar-refractivity contribution >= 4 is 11.6 Å². The summed E-state index contributed by atoms with van der Waals surface area (Å²) in [5, 5.41) is 0. The molecule has 0 N–H and O–H groups in total. The predicted molar refractivity (Wildman–Crippen MR) is 80.2 cm³/mol. The highest BCUT2D eigenvalue weighted by Gasteiger charge is 2.32. The fourth-order valence-corrected chi connectivity index (χ4v) is 2.63. The van der Waals surface area contributed by atoms with Crippen molar-refractivity contribution in [3.8, 4) is 17.0 Å². The lowest BCUT2D eigenvalue weighted by Gasteiger charge is -2.29. The molecule has 2 heterocycles. The third-order valence-corrected chi connectivity index (χ3v) is 4.00. The van der Waals surface area contributed by atoms with Gasteiger partial charge in [-0.3, -0.25) is 4.79 Å². The van der Waals surface area contributed by atoms with Crippen molar-refractivity contribution in [2.75, 3.05) is 18.1 Å². The fraction of sp³-hybridized carbons (Fsp3) is 0.294. The molecule has 0 saturated heterocycles. The molecule has 106 valence electrons. The van der Waals surface area contributed by atoms with Gasteiger partial charge in [-0.15, -0.1) is 0 Å². The molecule has 4 heteroatoms. The molecule has 0 bridgehead atoms. The Morgan fingerprint density at radius 2 is 2.00 bits per heavy atom. The van der Waals surface area contributed by atoms with Gasteiger partial charge in [0.15, 0.2) is 6.61 Å². The van der Waals surface area contributed by atoms with Crippen LogP contribution in [0.15, 0.2) is 42.6 Å². The molecule has 1 aromatic carbocycles. The summed E-state index contributed by atoms with van der Waals surface area (Å²) in [6, 6.07) is 12.1. The molecule has 4 nitrogen and oxygen atoms in total. The van der Waals surface area contributed by atoms with Crippen molar-refractivity contribution in [2.45, 2.75) is 12.8 Å². The highest BCUT2D eigenvalue weighted by Crippen LogP contribution is 2.37. The zero-order chi connectivity index (χ0) is 14.2. The number of pyridine rings is 1. The predicted octanol–water partition coefficient (Wildman–Crippen LogP) is 2.88. The van der Waals surface area contributed by atoms with Crippen LogP contribution in [0.25, 0.3) is 11.1 Å². The Balaban J connectivity index is 1.74. The zero-order valence-corrected chi connectivity index (χ0v) is 11.7. The van der Waals surface area contributed by atoms with Gasteiger partial charge in [0.25, 0.3) is 5.91 Å². The van der Waals surface area contributed by atoms with Crippen LogP contribution in [0.3, 0.4) is 0 Å². The number of hydrogen-bond donors (Lipinski definition) is 0. The summed E-state index contributed by atoms with van der Waals surface area (Å²) in [6.45, 7) is 0.881. The minimum atomic E-state index is 0.0291. The number of anilines is 1. The molecule has 2 aromatic rings. The Morgan fingerprint density at radius 1 is 1.19 bits per heavy atom. The Bertz CT molecular complexity index is 680. The van der Waals surface area contributed by atoms with Gasteiger partial charge in [0.05, 0.1) is 0 Å². The van der Waals surface area contributed by atoms with Crippen LogP contribution in [0.1, 0.15) is 12.8 Å². The smallest absolute Gasteiger partial charge is 0.265 e. The second-order valence-electron chi connectivity index (χ2n) is 5.65. The SMILES string of the molecule is O=C1COc2ncc(-c3ccccc3)cc2N1CC1CC1. The summed E-state index contributed by atoms with van der Waals surface area (Å²) in [4.78, 5) is 18.4. The maximum absolute atomic E-state index is 12.1. The summed E-state index contributed by atoms with van der Waals surface area (Å²) in [7, 11) is 0. The van der Waals surface area contributed by atoms with E-state index >= 15 is 0 Å². The first-order chi connectivity index (χ1) is 10.3. The third-order valence-electron chi connectivity index (χ3n) is 4.00. The monoisotopic (exact) mass is 280 g/mol. The van der Waals surface area contributed by atoms with Crippen molar-refractivity contribution < 1.29 is 9.53 Å². The van der Waals surface area contributed by atoms with Gasteiger partial charge in [-0.05, 0) is 30.4 Å². The van der Waals surface area contributed by atoms with Crippen molar-refractivity contribution in [3.63, 3.8) is 0 Å². The molecule has 0 unspecified atom stereocenters. The standard InChI is InChI=1S/C17H16N2O2/c20-16-11-21-17-15(19(16)10-12-6-7-12)8-14(9-18-17)13-4-2-1-3-5-13/h1-5,8-9,12H,6-7,10-11H2. The Kier molecular flexibility index (Phi) is 2.88. The zero-order valence-electron chi connectivity index (χ0n) is 11.7. The van der Waals surface area contributed by atoms with Crippen LogP contribution in [0.2, 0.25) is 0 Å². The van der Waals surface area contributed by atoms with Gasteiger partial charge in [-0.1, -0.05) is 30.3 Å². The van der Waals surface area contributed by atoms with Gasteiger partial charge < -0.3 is 9.64 Å². The Morgan fingerprint density at radius 3 is 2.76 bits per heavy atom.